The van der Waals surface area contributed by atoms with Crippen molar-refractivity contribution in [2.45, 2.75) is 9.79 Å². The minimum Gasteiger partial charge on any atom is -0.478 e. The normalized spacial score (nSPS) is 11.0. The number of carboxylic acid groups (broad SMARTS) is 1. The van der Waals surface area contributed by atoms with Crippen molar-refractivity contribution in [3.05, 3.63) is 64.2 Å². The summed E-state index contributed by atoms with van der Waals surface area (Å²) in [7, 11) is -4.31. The number of hydrogen-bond acceptors (Lipinski definition) is 5. The van der Waals surface area contributed by atoms with Gasteiger partial charge in [-0.25, -0.2) is 13.2 Å². The third-order valence-corrected chi connectivity index (χ3v) is 4.62. The fourth-order valence-electron chi connectivity index (χ4n) is 1.83. The van der Waals surface area contributed by atoms with Crippen LogP contribution >= 0.6 is 0 Å². The Kier molecular flexibility index (Phi) is 3.72. The molecule has 1 N–H and O–H groups in total. The second-order valence-electron chi connectivity index (χ2n) is 4.03. The van der Waals surface area contributed by atoms with E-state index in [2.05, 4.69) is 0 Å². The summed E-state index contributed by atoms with van der Waals surface area (Å²) < 4.78 is 25.0. The first-order chi connectivity index (χ1) is 9.85. The molecule has 0 bridgehead atoms. The number of hydrogen-bond donors (Lipinski definition) is 1. The summed E-state index contributed by atoms with van der Waals surface area (Å²) in [5, 5.41) is 20.0. The van der Waals surface area contributed by atoms with Gasteiger partial charge in [-0.15, -0.1) is 0 Å². The molecule has 2 rings (SSSR count). The van der Waals surface area contributed by atoms with Crippen LogP contribution in [0.5, 0.6) is 0 Å². The first-order valence-electron chi connectivity index (χ1n) is 5.66. The van der Waals surface area contributed by atoms with Crippen molar-refractivity contribution in [2.75, 3.05) is 0 Å². The quantitative estimate of drug-likeness (QED) is 0.683. The lowest BCUT2D eigenvalue weighted by molar-refractivity contribution is -0.387. The van der Waals surface area contributed by atoms with Gasteiger partial charge >= 0.3 is 5.97 Å². The highest BCUT2D eigenvalue weighted by molar-refractivity contribution is 7.91. The molecule has 0 amide bonds. The molecule has 21 heavy (non-hydrogen) atoms. The summed E-state index contributed by atoms with van der Waals surface area (Å²) in [6.07, 6.45) is 0. The van der Waals surface area contributed by atoms with Crippen LogP contribution in [0.3, 0.4) is 0 Å². The topological polar surface area (TPSA) is 115 Å². The molecule has 0 unspecified atom stereocenters. The maximum Gasteiger partial charge on any atom is 0.337 e. The summed E-state index contributed by atoms with van der Waals surface area (Å²) in [5.74, 6) is -1.42. The Labute approximate surface area is 119 Å². The van der Waals surface area contributed by atoms with Gasteiger partial charge < -0.3 is 5.11 Å². The summed E-state index contributed by atoms with van der Waals surface area (Å²) in [6.45, 7) is 0. The lowest BCUT2D eigenvalue weighted by Gasteiger charge is -2.08. The zero-order valence-electron chi connectivity index (χ0n) is 10.5. The highest BCUT2D eigenvalue weighted by Crippen LogP contribution is 2.30. The van der Waals surface area contributed by atoms with Gasteiger partial charge in [0.2, 0.25) is 9.84 Å². The van der Waals surface area contributed by atoms with Crippen LogP contribution in [0, 0.1) is 10.1 Å². The minimum absolute atomic E-state index is 0.435. The Hall–Kier alpha value is -2.74. The molecule has 0 radical (unpaired) electrons. The number of sulfone groups is 1. The van der Waals surface area contributed by atoms with Crippen LogP contribution in [-0.4, -0.2) is 24.4 Å². The van der Waals surface area contributed by atoms with E-state index in [-0.39, 0.29) is 0 Å². The number of nitrogens with zero attached hydrogens (tertiary/aromatic N) is 1. The van der Waals surface area contributed by atoms with Crippen LogP contribution in [0.2, 0.25) is 0 Å². The molecule has 0 saturated carbocycles. The summed E-state index contributed by atoms with van der Waals surface area (Å²) in [5.41, 5.74) is -1.03. The molecule has 8 heteroatoms. The number of carboxylic acids is 1. The van der Waals surface area contributed by atoms with Crippen molar-refractivity contribution >= 4 is 21.5 Å². The molecule has 7 nitrogen and oxygen atoms in total. The highest BCUT2D eigenvalue weighted by atomic mass is 32.2. The molecule has 0 aliphatic heterocycles. The van der Waals surface area contributed by atoms with E-state index in [0.29, 0.717) is 0 Å². The summed E-state index contributed by atoms with van der Waals surface area (Å²) in [4.78, 5) is 20.2. The van der Waals surface area contributed by atoms with E-state index >= 15 is 0 Å². The maximum absolute atomic E-state index is 12.5. The van der Waals surface area contributed by atoms with Crippen LogP contribution in [0.25, 0.3) is 0 Å². The van der Waals surface area contributed by atoms with E-state index in [1.165, 1.54) is 24.3 Å². The van der Waals surface area contributed by atoms with Gasteiger partial charge in [-0.2, -0.15) is 0 Å². The monoisotopic (exact) mass is 307 g/mol. The Balaban J connectivity index is 2.76. The highest BCUT2D eigenvalue weighted by Gasteiger charge is 2.30. The van der Waals surface area contributed by atoms with Gasteiger partial charge in [0.1, 0.15) is 4.90 Å². The van der Waals surface area contributed by atoms with E-state index in [4.69, 9.17) is 5.11 Å². The minimum atomic E-state index is -4.31. The van der Waals surface area contributed by atoms with E-state index in [1.807, 2.05) is 0 Å². The van der Waals surface area contributed by atoms with Gasteiger partial charge in [-0.1, -0.05) is 24.3 Å². The van der Waals surface area contributed by atoms with Crippen LogP contribution in [0.15, 0.2) is 58.3 Å². The zero-order valence-corrected chi connectivity index (χ0v) is 11.3. The van der Waals surface area contributed by atoms with Crippen molar-refractivity contribution in [1.29, 1.82) is 0 Å². The summed E-state index contributed by atoms with van der Waals surface area (Å²) >= 11 is 0. The van der Waals surface area contributed by atoms with Gasteiger partial charge in [-0.3, -0.25) is 10.1 Å². The summed E-state index contributed by atoms with van der Waals surface area (Å²) in [6, 6.07) is 9.77. The fourth-order valence-corrected chi connectivity index (χ4v) is 3.45. The van der Waals surface area contributed by atoms with Crippen molar-refractivity contribution in [1.82, 2.24) is 0 Å². The van der Waals surface area contributed by atoms with Gasteiger partial charge in [0.25, 0.3) is 5.69 Å². The molecular formula is C13H9NO6S. The Morgan fingerprint density at radius 1 is 1.00 bits per heavy atom. The molecule has 0 atom stereocenters. The average Bonchev–Trinajstić information content (AvgIpc) is 2.47. The lowest BCUT2D eigenvalue weighted by atomic mass is 10.2. The molecule has 0 aromatic heterocycles. The van der Waals surface area contributed by atoms with Gasteiger partial charge in [0.05, 0.1) is 15.4 Å². The van der Waals surface area contributed by atoms with Gasteiger partial charge in [0.15, 0.2) is 0 Å². The predicted octanol–water partition coefficient (Wildman–Crippen LogP) is 2.13. The van der Waals surface area contributed by atoms with Crippen molar-refractivity contribution in [3.8, 4) is 0 Å². The number of para-hydroxylation sites is 1. The Morgan fingerprint density at radius 3 is 2.10 bits per heavy atom. The number of carbonyl (C=O) groups is 1. The van der Waals surface area contributed by atoms with Crippen LogP contribution < -0.4 is 0 Å². The van der Waals surface area contributed by atoms with Crippen molar-refractivity contribution in [3.63, 3.8) is 0 Å². The number of aromatic carboxylic acids is 1. The Morgan fingerprint density at radius 2 is 1.52 bits per heavy atom. The lowest BCUT2D eigenvalue weighted by Crippen LogP contribution is -2.11. The molecule has 2 aromatic carbocycles. The van der Waals surface area contributed by atoms with E-state index in [0.717, 1.165) is 24.3 Å². The van der Waals surface area contributed by atoms with Crippen molar-refractivity contribution in [2.24, 2.45) is 0 Å². The number of benzene rings is 2. The smallest absolute Gasteiger partial charge is 0.337 e. The van der Waals surface area contributed by atoms with Crippen LogP contribution in [0.1, 0.15) is 10.4 Å². The van der Waals surface area contributed by atoms with Crippen LogP contribution in [0.4, 0.5) is 5.69 Å². The third kappa shape index (κ3) is 2.61. The largest absolute Gasteiger partial charge is 0.478 e. The molecule has 0 aliphatic rings. The second-order valence-corrected chi connectivity index (χ2v) is 5.92. The molecule has 0 saturated heterocycles. The number of rotatable bonds is 4. The zero-order chi connectivity index (χ0) is 15.6. The van der Waals surface area contributed by atoms with E-state index in [1.54, 1.807) is 0 Å². The standard InChI is InChI=1S/C13H9NO6S/c15-13(16)9-5-1-3-7-11(9)21(19,20)12-8-4-2-6-10(12)14(17)18/h1-8H,(H,15,16). The molecule has 0 aliphatic carbocycles. The maximum atomic E-state index is 12.5. The molecule has 2 aromatic rings. The van der Waals surface area contributed by atoms with Gasteiger partial charge in [0, 0.05) is 6.07 Å². The first kappa shape index (κ1) is 14.7. The van der Waals surface area contributed by atoms with Crippen molar-refractivity contribution < 1.29 is 23.2 Å². The second kappa shape index (κ2) is 5.33. The van der Waals surface area contributed by atoms with Crippen LogP contribution in [-0.2, 0) is 9.84 Å². The average molecular weight is 307 g/mol. The van der Waals surface area contributed by atoms with E-state index in [9.17, 15) is 23.3 Å². The molecule has 108 valence electrons. The molecule has 0 spiro atoms. The molecule has 0 fully saturated rings. The Bertz CT molecular complexity index is 765. The SMILES string of the molecule is O=C(O)c1ccccc1S(=O)(=O)c1ccccc1[N+](=O)[O-]. The molecule has 0 heterocycles. The fraction of sp³-hybridized carbons (Fsp3) is 0. The first-order valence-corrected chi connectivity index (χ1v) is 7.15. The third-order valence-electron chi connectivity index (χ3n) is 2.76. The van der Waals surface area contributed by atoms with E-state index < -0.39 is 41.8 Å². The predicted molar refractivity (Wildman–Crippen MR) is 71.9 cm³/mol. The molecular weight excluding hydrogens is 298 g/mol. The number of nitro groups is 1. The van der Waals surface area contributed by atoms with Gasteiger partial charge in [-0.05, 0) is 18.2 Å². The number of nitro benzene ring substituents is 1.